The normalized spacial score (nSPS) is 33.5. The van der Waals surface area contributed by atoms with Crippen LogP contribution in [0.3, 0.4) is 0 Å². The van der Waals surface area contributed by atoms with Crippen molar-refractivity contribution in [1.82, 2.24) is 4.90 Å². The topological polar surface area (TPSA) is 101 Å². The van der Waals surface area contributed by atoms with Crippen LogP contribution in [0.15, 0.2) is 0 Å². The summed E-state index contributed by atoms with van der Waals surface area (Å²) in [5, 5.41) is 9.11. The highest BCUT2D eigenvalue weighted by molar-refractivity contribution is 7.91. The molecule has 1 heterocycles. The molecule has 1 saturated heterocycles. The molecule has 0 radical (unpaired) electrons. The summed E-state index contributed by atoms with van der Waals surface area (Å²) < 4.78 is 23.1. The second-order valence-electron chi connectivity index (χ2n) is 5.51. The van der Waals surface area contributed by atoms with Crippen molar-refractivity contribution in [2.24, 2.45) is 11.7 Å². The van der Waals surface area contributed by atoms with Gasteiger partial charge in [0, 0.05) is 18.6 Å². The van der Waals surface area contributed by atoms with Gasteiger partial charge in [0.1, 0.15) is 0 Å². The Labute approximate surface area is 113 Å². The number of carbonyl (C=O) groups is 1. The zero-order valence-corrected chi connectivity index (χ0v) is 11.8. The molecule has 3 unspecified atom stereocenters. The summed E-state index contributed by atoms with van der Waals surface area (Å²) in [5.74, 6) is -0.152. The Hall–Kier alpha value is -0.660. The first-order valence-corrected chi connectivity index (χ1v) is 8.64. The molecule has 7 heteroatoms. The highest BCUT2D eigenvalue weighted by Gasteiger charge is 2.39. The molecule has 110 valence electrons. The fraction of sp³-hybridized carbons (Fsp3) is 0.917. The van der Waals surface area contributed by atoms with Crippen LogP contribution in [0, 0.1) is 5.92 Å². The molecule has 1 amide bonds. The highest BCUT2D eigenvalue weighted by Crippen LogP contribution is 2.28. The van der Waals surface area contributed by atoms with E-state index in [1.165, 1.54) is 0 Å². The van der Waals surface area contributed by atoms with Crippen molar-refractivity contribution in [3.63, 3.8) is 0 Å². The van der Waals surface area contributed by atoms with Gasteiger partial charge in [-0.05, 0) is 19.3 Å². The maximum Gasteiger partial charge on any atom is 0.227 e. The third kappa shape index (κ3) is 3.27. The van der Waals surface area contributed by atoms with Crippen molar-refractivity contribution < 1.29 is 18.3 Å². The SMILES string of the molecule is NC1CCCC1C(=O)N(CCO)C1CCS(=O)(=O)C1. The van der Waals surface area contributed by atoms with Gasteiger partial charge in [-0.2, -0.15) is 0 Å². The lowest BCUT2D eigenvalue weighted by molar-refractivity contribution is -0.138. The summed E-state index contributed by atoms with van der Waals surface area (Å²) >= 11 is 0. The van der Waals surface area contributed by atoms with Gasteiger partial charge in [0.2, 0.25) is 5.91 Å². The van der Waals surface area contributed by atoms with Crippen LogP contribution in [0.2, 0.25) is 0 Å². The summed E-state index contributed by atoms with van der Waals surface area (Å²) in [4.78, 5) is 14.0. The molecule has 0 aromatic rings. The first kappa shape index (κ1) is 14.7. The molecule has 3 atom stereocenters. The van der Waals surface area contributed by atoms with Gasteiger partial charge in [0.05, 0.1) is 24.0 Å². The van der Waals surface area contributed by atoms with Crippen molar-refractivity contribution in [1.29, 1.82) is 0 Å². The van der Waals surface area contributed by atoms with Gasteiger partial charge in [0.15, 0.2) is 9.84 Å². The summed E-state index contributed by atoms with van der Waals surface area (Å²) in [6.07, 6.45) is 3.01. The number of nitrogens with two attached hydrogens (primary N) is 1. The molecular weight excluding hydrogens is 268 g/mol. The van der Waals surface area contributed by atoms with Crippen LogP contribution in [0.1, 0.15) is 25.7 Å². The van der Waals surface area contributed by atoms with E-state index in [4.69, 9.17) is 10.8 Å². The van der Waals surface area contributed by atoms with Gasteiger partial charge in [-0.25, -0.2) is 8.42 Å². The van der Waals surface area contributed by atoms with E-state index in [1.807, 2.05) is 0 Å². The molecule has 1 aliphatic carbocycles. The van der Waals surface area contributed by atoms with Crippen LogP contribution in [-0.2, 0) is 14.6 Å². The van der Waals surface area contributed by atoms with Crippen molar-refractivity contribution in [3.05, 3.63) is 0 Å². The van der Waals surface area contributed by atoms with E-state index < -0.39 is 9.84 Å². The van der Waals surface area contributed by atoms with Gasteiger partial charge in [-0.1, -0.05) is 6.42 Å². The molecular formula is C12H22N2O4S. The molecule has 6 nitrogen and oxygen atoms in total. The molecule has 0 aromatic carbocycles. The second kappa shape index (κ2) is 5.76. The standard InChI is InChI=1S/C12H22N2O4S/c13-11-3-1-2-10(11)12(16)14(5-6-15)9-4-7-19(17,18)8-9/h9-11,15H,1-8,13H2. The van der Waals surface area contributed by atoms with Gasteiger partial charge in [-0.3, -0.25) is 4.79 Å². The summed E-state index contributed by atoms with van der Waals surface area (Å²) in [7, 11) is -3.04. The maximum absolute atomic E-state index is 12.5. The minimum atomic E-state index is -3.04. The van der Waals surface area contributed by atoms with E-state index >= 15 is 0 Å². The fourth-order valence-corrected chi connectivity index (χ4v) is 4.84. The number of nitrogens with zero attached hydrogens (tertiary/aromatic N) is 1. The number of hydrogen-bond acceptors (Lipinski definition) is 5. The first-order valence-electron chi connectivity index (χ1n) is 6.82. The maximum atomic E-state index is 12.5. The molecule has 2 rings (SSSR count). The van der Waals surface area contributed by atoms with Gasteiger partial charge in [0.25, 0.3) is 0 Å². The lowest BCUT2D eigenvalue weighted by Gasteiger charge is -2.31. The van der Waals surface area contributed by atoms with E-state index in [9.17, 15) is 13.2 Å². The molecule has 3 N–H and O–H groups in total. The molecule has 0 aromatic heterocycles. The Morgan fingerprint density at radius 2 is 2.05 bits per heavy atom. The van der Waals surface area contributed by atoms with E-state index in [0.29, 0.717) is 6.42 Å². The minimum Gasteiger partial charge on any atom is -0.395 e. The quantitative estimate of drug-likeness (QED) is 0.700. The van der Waals surface area contributed by atoms with E-state index in [-0.39, 0.29) is 48.6 Å². The minimum absolute atomic E-state index is 0.0146. The molecule has 0 spiro atoms. The largest absolute Gasteiger partial charge is 0.395 e. The number of amides is 1. The zero-order valence-electron chi connectivity index (χ0n) is 11.0. The third-order valence-electron chi connectivity index (χ3n) is 4.16. The first-order chi connectivity index (χ1) is 8.94. The number of aliphatic hydroxyl groups excluding tert-OH is 1. The highest BCUT2D eigenvalue weighted by atomic mass is 32.2. The van der Waals surface area contributed by atoms with Crippen molar-refractivity contribution >= 4 is 15.7 Å². The van der Waals surface area contributed by atoms with Crippen molar-refractivity contribution in [2.45, 2.75) is 37.8 Å². The molecule has 19 heavy (non-hydrogen) atoms. The average Bonchev–Trinajstić information content (AvgIpc) is 2.91. The van der Waals surface area contributed by atoms with Crippen LogP contribution < -0.4 is 5.73 Å². The number of aliphatic hydroxyl groups is 1. The number of hydrogen-bond donors (Lipinski definition) is 2. The van der Waals surface area contributed by atoms with Crippen molar-refractivity contribution in [3.8, 4) is 0 Å². The Balaban J connectivity index is 2.09. The summed E-state index contributed by atoms with van der Waals surface area (Å²) in [5.41, 5.74) is 5.94. The Bertz CT molecular complexity index is 437. The predicted molar refractivity (Wildman–Crippen MR) is 71.2 cm³/mol. The van der Waals surface area contributed by atoms with Gasteiger partial charge >= 0.3 is 0 Å². The van der Waals surface area contributed by atoms with Crippen LogP contribution in [0.25, 0.3) is 0 Å². The number of sulfone groups is 1. The third-order valence-corrected chi connectivity index (χ3v) is 5.91. The molecule has 2 aliphatic rings. The van der Waals surface area contributed by atoms with Crippen LogP contribution in [0.5, 0.6) is 0 Å². The fourth-order valence-electron chi connectivity index (χ4n) is 3.11. The van der Waals surface area contributed by atoms with Crippen molar-refractivity contribution in [2.75, 3.05) is 24.7 Å². The van der Waals surface area contributed by atoms with Gasteiger partial charge < -0.3 is 15.7 Å². The Morgan fingerprint density at radius 1 is 1.32 bits per heavy atom. The molecule has 0 bridgehead atoms. The van der Waals surface area contributed by atoms with Gasteiger partial charge in [-0.15, -0.1) is 0 Å². The monoisotopic (exact) mass is 290 g/mol. The van der Waals surface area contributed by atoms with Crippen LogP contribution in [0.4, 0.5) is 0 Å². The smallest absolute Gasteiger partial charge is 0.227 e. The molecule has 1 saturated carbocycles. The van der Waals surface area contributed by atoms with E-state index in [0.717, 1.165) is 19.3 Å². The lowest BCUT2D eigenvalue weighted by atomic mass is 10.0. The zero-order chi connectivity index (χ0) is 14.0. The number of rotatable bonds is 4. The lowest BCUT2D eigenvalue weighted by Crippen LogP contribution is -2.48. The second-order valence-corrected chi connectivity index (χ2v) is 7.74. The molecule has 1 aliphatic heterocycles. The Morgan fingerprint density at radius 3 is 2.53 bits per heavy atom. The summed E-state index contributed by atoms with van der Waals surface area (Å²) in [6, 6.07) is -0.427. The van der Waals surface area contributed by atoms with Crippen LogP contribution in [-0.4, -0.2) is 61.1 Å². The molecule has 2 fully saturated rings. The summed E-state index contributed by atoms with van der Waals surface area (Å²) in [6.45, 7) is 0.0481. The Kier molecular flexibility index (Phi) is 4.47. The van der Waals surface area contributed by atoms with E-state index in [1.54, 1.807) is 4.90 Å². The predicted octanol–water partition coefficient (Wildman–Crippen LogP) is -0.878. The van der Waals surface area contributed by atoms with Crippen LogP contribution >= 0.6 is 0 Å². The van der Waals surface area contributed by atoms with E-state index in [2.05, 4.69) is 0 Å². The number of carbonyl (C=O) groups excluding carboxylic acids is 1. The average molecular weight is 290 g/mol.